The number of amides is 1. The molecule has 0 spiro atoms. The molecular weight excluding hydrogens is 429 g/mol. The zero-order chi connectivity index (χ0) is 23.9. The maximum absolute atomic E-state index is 12.8. The van der Waals surface area contributed by atoms with Gasteiger partial charge in [-0.15, -0.1) is 0 Å². The van der Waals surface area contributed by atoms with E-state index in [1.165, 1.54) is 0 Å². The molecule has 1 atom stereocenters. The van der Waals surface area contributed by atoms with Crippen molar-refractivity contribution in [3.63, 3.8) is 0 Å². The number of anilines is 1. The van der Waals surface area contributed by atoms with Crippen LogP contribution >= 0.6 is 0 Å². The minimum Gasteiger partial charge on any atom is -0.497 e. The number of alkyl halides is 3. The molecule has 0 heterocycles. The summed E-state index contributed by atoms with van der Waals surface area (Å²) in [6.45, 7) is 0.353. The van der Waals surface area contributed by atoms with Gasteiger partial charge in [0.15, 0.2) is 0 Å². The lowest BCUT2D eigenvalue weighted by Crippen LogP contribution is -2.35. The number of rotatable bonds is 10. The fraction of sp³-hybridized carbons (Fsp3) is 0.381. The van der Waals surface area contributed by atoms with Crippen LogP contribution in [-0.4, -0.2) is 50.0 Å². The molecule has 0 bridgehead atoms. The monoisotopic (exact) mass is 454 g/mol. The molecule has 0 aromatic heterocycles. The Balaban J connectivity index is 1.93. The van der Waals surface area contributed by atoms with E-state index in [1.54, 1.807) is 7.11 Å². The van der Waals surface area contributed by atoms with Crippen molar-refractivity contribution in [2.24, 2.45) is 0 Å². The molecule has 2 aromatic rings. The van der Waals surface area contributed by atoms with Crippen LogP contribution in [0.15, 0.2) is 42.5 Å². The maximum atomic E-state index is 12.8. The summed E-state index contributed by atoms with van der Waals surface area (Å²) in [5.74, 6) is 0.422. The van der Waals surface area contributed by atoms with Crippen LogP contribution < -0.4 is 15.4 Å². The van der Waals surface area contributed by atoms with Gasteiger partial charge < -0.3 is 20.3 Å². The number of methoxy groups -OCH3 is 1. The van der Waals surface area contributed by atoms with Crippen molar-refractivity contribution in [2.45, 2.75) is 18.6 Å². The van der Waals surface area contributed by atoms with E-state index in [2.05, 4.69) is 10.6 Å². The molecule has 2 rings (SSSR count). The fourth-order valence-corrected chi connectivity index (χ4v) is 3.04. The average molecular weight is 454 g/mol. The van der Waals surface area contributed by atoms with Gasteiger partial charge in [0.1, 0.15) is 11.4 Å². The number of ether oxygens (including phenoxy) is 1. The molecule has 1 amide bonds. The van der Waals surface area contributed by atoms with E-state index in [4.69, 9.17) is 4.74 Å². The summed E-state index contributed by atoms with van der Waals surface area (Å²) < 4.78 is 43.5. The van der Waals surface area contributed by atoms with Crippen LogP contribution in [0.1, 0.15) is 23.6 Å². The minimum absolute atomic E-state index is 0.0130. The highest BCUT2D eigenvalue weighted by atomic mass is 19.4. The van der Waals surface area contributed by atoms with Crippen molar-refractivity contribution >= 4 is 17.3 Å². The SMILES string of the molecule is COc1ccc(C(CNC(=O)CCNc2ccc(C(F)(F)F)cc2[N+](=O)[O-])N(C)C)cc1. The van der Waals surface area contributed by atoms with Gasteiger partial charge in [0, 0.05) is 25.6 Å². The molecule has 0 fully saturated rings. The van der Waals surface area contributed by atoms with Gasteiger partial charge in [-0.05, 0) is 43.9 Å². The van der Waals surface area contributed by atoms with Crippen molar-refractivity contribution in [1.29, 1.82) is 0 Å². The first-order valence-electron chi connectivity index (χ1n) is 9.69. The first-order chi connectivity index (χ1) is 15.0. The first-order valence-corrected chi connectivity index (χ1v) is 9.69. The lowest BCUT2D eigenvalue weighted by molar-refractivity contribution is -0.384. The Morgan fingerprint density at radius 3 is 2.38 bits per heavy atom. The molecule has 2 N–H and O–H groups in total. The Morgan fingerprint density at radius 2 is 1.84 bits per heavy atom. The quantitative estimate of drug-likeness (QED) is 0.418. The van der Waals surface area contributed by atoms with Crippen molar-refractivity contribution in [2.75, 3.05) is 39.6 Å². The van der Waals surface area contributed by atoms with Crippen LogP contribution in [-0.2, 0) is 11.0 Å². The van der Waals surface area contributed by atoms with Gasteiger partial charge in [0.2, 0.25) is 5.91 Å². The molecule has 8 nitrogen and oxygen atoms in total. The Hall–Kier alpha value is -3.34. The number of nitrogens with zero attached hydrogens (tertiary/aromatic N) is 2. The number of nitro groups is 1. The van der Waals surface area contributed by atoms with Gasteiger partial charge in [-0.2, -0.15) is 13.2 Å². The molecule has 0 aliphatic carbocycles. The molecule has 2 aromatic carbocycles. The highest BCUT2D eigenvalue weighted by Gasteiger charge is 2.33. The number of benzene rings is 2. The average Bonchev–Trinajstić information content (AvgIpc) is 2.73. The Labute approximate surface area is 183 Å². The van der Waals surface area contributed by atoms with E-state index in [-0.39, 0.29) is 30.6 Å². The van der Waals surface area contributed by atoms with E-state index in [0.717, 1.165) is 23.4 Å². The summed E-state index contributed by atoms with van der Waals surface area (Å²) in [7, 11) is 5.34. The number of nitro benzene ring substituents is 1. The molecule has 174 valence electrons. The predicted molar refractivity (Wildman–Crippen MR) is 114 cm³/mol. The number of nitrogens with one attached hydrogen (secondary N) is 2. The van der Waals surface area contributed by atoms with Crippen LogP contribution in [0.3, 0.4) is 0 Å². The predicted octanol–water partition coefficient (Wildman–Crippen LogP) is 3.84. The highest BCUT2D eigenvalue weighted by molar-refractivity contribution is 5.76. The molecule has 32 heavy (non-hydrogen) atoms. The van der Waals surface area contributed by atoms with E-state index in [0.29, 0.717) is 12.6 Å². The van der Waals surface area contributed by atoms with Crippen LogP contribution in [0, 0.1) is 10.1 Å². The molecule has 1 unspecified atom stereocenters. The van der Waals surface area contributed by atoms with E-state index < -0.39 is 22.4 Å². The number of halogens is 3. The number of hydrogen-bond acceptors (Lipinski definition) is 6. The summed E-state index contributed by atoms with van der Waals surface area (Å²) in [5, 5.41) is 16.6. The standard InChI is InChI=1S/C21H25F3N4O4/c1-27(2)19(14-4-7-16(32-3)8-5-14)13-26-20(29)10-11-25-17-9-6-15(21(22,23)24)12-18(17)28(30)31/h4-9,12,19,25H,10-11,13H2,1-3H3,(H,26,29). The summed E-state index contributed by atoms with van der Waals surface area (Å²) in [6.07, 6.45) is -4.70. The number of likely N-dealkylation sites (N-methyl/N-ethyl adjacent to an activating group) is 1. The van der Waals surface area contributed by atoms with Crippen molar-refractivity contribution < 1.29 is 27.6 Å². The zero-order valence-electron chi connectivity index (χ0n) is 17.9. The Kier molecular flexibility index (Phi) is 8.41. The summed E-state index contributed by atoms with van der Waals surface area (Å²) in [4.78, 5) is 24.4. The molecular formula is C21H25F3N4O4. The van der Waals surface area contributed by atoms with Crippen molar-refractivity contribution in [3.8, 4) is 5.75 Å². The van der Waals surface area contributed by atoms with Crippen LogP contribution in [0.2, 0.25) is 0 Å². The second-order valence-electron chi connectivity index (χ2n) is 7.22. The lowest BCUT2D eigenvalue weighted by atomic mass is 10.1. The lowest BCUT2D eigenvalue weighted by Gasteiger charge is -2.25. The largest absolute Gasteiger partial charge is 0.497 e. The number of carbonyl (C=O) groups is 1. The van der Waals surface area contributed by atoms with Gasteiger partial charge in [-0.3, -0.25) is 14.9 Å². The summed E-state index contributed by atoms with van der Waals surface area (Å²) in [6, 6.07) is 9.59. The molecule has 0 saturated heterocycles. The fourth-order valence-electron chi connectivity index (χ4n) is 3.04. The Bertz CT molecular complexity index is 934. The first kappa shape index (κ1) is 24.9. The number of carbonyl (C=O) groups excluding carboxylic acids is 1. The topological polar surface area (TPSA) is 96.7 Å². The summed E-state index contributed by atoms with van der Waals surface area (Å²) in [5.41, 5.74) is -0.914. The Morgan fingerprint density at radius 1 is 1.19 bits per heavy atom. The van der Waals surface area contributed by atoms with Crippen molar-refractivity contribution in [3.05, 3.63) is 63.7 Å². The van der Waals surface area contributed by atoms with Gasteiger partial charge in [-0.25, -0.2) is 0 Å². The van der Waals surface area contributed by atoms with E-state index in [1.807, 2.05) is 43.3 Å². The third-order valence-electron chi connectivity index (χ3n) is 4.81. The van der Waals surface area contributed by atoms with E-state index >= 15 is 0 Å². The van der Waals surface area contributed by atoms with Crippen molar-refractivity contribution in [1.82, 2.24) is 10.2 Å². The van der Waals surface area contributed by atoms with Crippen LogP contribution in [0.25, 0.3) is 0 Å². The third-order valence-corrected chi connectivity index (χ3v) is 4.81. The summed E-state index contributed by atoms with van der Waals surface area (Å²) >= 11 is 0. The second-order valence-corrected chi connectivity index (χ2v) is 7.22. The zero-order valence-corrected chi connectivity index (χ0v) is 17.9. The molecule has 0 aliphatic heterocycles. The van der Waals surface area contributed by atoms with Crippen LogP contribution in [0.5, 0.6) is 5.75 Å². The minimum atomic E-state index is -4.68. The van der Waals surface area contributed by atoms with E-state index in [9.17, 15) is 28.1 Å². The van der Waals surface area contributed by atoms with Crippen LogP contribution in [0.4, 0.5) is 24.5 Å². The van der Waals surface area contributed by atoms with Gasteiger partial charge >= 0.3 is 6.18 Å². The molecule has 0 saturated carbocycles. The second kappa shape index (κ2) is 10.8. The van der Waals surface area contributed by atoms with Gasteiger partial charge in [0.25, 0.3) is 5.69 Å². The highest BCUT2D eigenvalue weighted by Crippen LogP contribution is 2.34. The molecule has 0 radical (unpaired) electrons. The van der Waals surface area contributed by atoms with Gasteiger partial charge in [0.05, 0.1) is 23.6 Å². The maximum Gasteiger partial charge on any atom is 0.416 e. The molecule has 11 heteroatoms. The molecule has 0 aliphatic rings. The smallest absolute Gasteiger partial charge is 0.416 e. The number of hydrogen-bond donors (Lipinski definition) is 2. The normalized spacial score (nSPS) is 12.3. The third kappa shape index (κ3) is 6.84. The van der Waals surface area contributed by atoms with Gasteiger partial charge in [-0.1, -0.05) is 12.1 Å².